The Balaban J connectivity index is 0.000000907. The molecule has 0 saturated heterocycles. The zero-order valence-electron chi connectivity index (χ0n) is 23.2. The van der Waals surface area contributed by atoms with E-state index in [0.29, 0.717) is 42.0 Å². The number of phenols is 1. The number of cyclic esters (lactones) is 1. The van der Waals surface area contributed by atoms with Crippen molar-refractivity contribution in [2.75, 3.05) is 14.1 Å². The topological polar surface area (TPSA) is 105 Å². The Kier molecular flexibility index (Phi) is 8.45. The maximum absolute atomic E-state index is 13.5. The predicted octanol–water partition coefficient (Wildman–Crippen LogP) is 4.33. The van der Waals surface area contributed by atoms with Gasteiger partial charge >= 0.3 is 5.97 Å². The standard InChI is InChI=1S/C25H27N3O5.2C2H6/c1-5-25(13(2)29)18-9-20-22-14(10-28(20)23(31)17(18)12-33-24(25)32)8-15-16(11-27(3)4)21(30)7-6-19(15)26-22;2*1-2/h6-9,13,29-30H,5,10-12H2,1-4H3;2*1-2H3/t13-,25?;;/m1../s1. The van der Waals surface area contributed by atoms with Crippen molar-refractivity contribution in [2.24, 2.45) is 0 Å². The molecule has 200 valence electrons. The minimum Gasteiger partial charge on any atom is -0.508 e. The highest BCUT2D eigenvalue weighted by atomic mass is 16.5. The van der Waals surface area contributed by atoms with E-state index in [-0.39, 0.29) is 17.9 Å². The van der Waals surface area contributed by atoms with Crippen LogP contribution in [0.3, 0.4) is 0 Å². The first-order chi connectivity index (χ1) is 17.7. The first-order valence-corrected chi connectivity index (χ1v) is 13.1. The Hall–Kier alpha value is -3.23. The third-order valence-electron chi connectivity index (χ3n) is 7.07. The lowest BCUT2D eigenvalue weighted by atomic mass is 9.71. The molecule has 0 aliphatic carbocycles. The molecule has 2 aliphatic rings. The van der Waals surface area contributed by atoms with E-state index in [0.717, 1.165) is 22.0 Å². The van der Waals surface area contributed by atoms with E-state index < -0.39 is 17.5 Å². The Morgan fingerprint density at radius 3 is 2.43 bits per heavy atom. The molecule has 1 aromatic carbocycles. The fourth-order valence-electron chi connectivity index (χ4n) is 5.31. The summed E-state index contributed by atoms with van der Waals surface area (Å²) in [5.74, 6) is -0.299. The highest BCUT2D eigenvalue weighted by molar-refractivity contribution is 5.90. The normalized spacial score (nSPS) is 18.1. The number of hydrogen-bond acceptors (Lipinski definition) is 7. The number of hydrogen-bond donors (Lipinski definition) is 2. The molecule has 8 heteroatoms. The van der Waals surface area contributed by atoms with Gasteiger partial charge in [0.15, 0.2) is 0 Å². The van der Waals surface area contributed by atoms with E-state index in [9.17, 15) is 19.8 Å². The summed E-state index contributed by atoms with van der Waals surface area (Å²) in [4.78, 5) is 33.1. The van der Waals surface area contributed by atoms with E-state index in [1.54, 1.807) is 23.6 Å². The summed E-state index contributed by atoms with van der Waals surface area (Å²) in [6.45, 7) is 12.2. The first-order valence-electron chi connectivity index (χ1n) is 13.1. The summed E-state index contributed by atoms with van der Waals surface area (Å²) in [5, 5.41) is 21.9. The molecule has 37 heavy (non-hydrogen) atoms. The molecule has 2 N–H and O–H groups in total. The van der Waals surface area contributed by atoms with Crippen LogP contribution in [-0.4, -0.2) is 50.8 Å². The van der Waals surface area contributed by atoms with Gasteiger partial charge in [-0.05, 0) is 57.3 Å². The van der Waals surface area contributed by atoms with Gasteiger partial charge in [0, 0.05) is 23.1 Å². The van der Waals surface area contributed by atoms with E-state index in [1.165, 1.54) is 0 Å². The second kappa shape index (κ2) is 11.0. The molecule has 3 aromatic rings. The van der Waals surface area contributed by atoms with Crippen LogP contribution in [0, 0.1) is 0 Å². The summed E-state index contributed by atoms with van der Waals surface area (Å²) < 4.78 is 7.01. The zero-order chi connectivity index (χ0) is 27.7. The summed E-state index contributed by atoms with van der Waals surface area (Å²) in [5.41, 5.74) is 3.11. The molecule has 2 aromatic heterocycles. The van der Waals surface area contributed by atoms with Crippen molar-refractivity contribution in [1.29, 1.82) is 0 Å². The maximum atomic E-state index is 13.5. The highest BCUT2D eigenvalue weighted by Crippen LogP contribution is 2.42. The first kappa shape index (κ1) is 28.3. The van der Waals surface area contributed by atoms with E-state index >= 15 is 0 Å². The fraction of sp³-hybridized carbons (Fsp3) is 0.483. The average molecular weight is 510 g/mol. The molecule has 0 spiro atoms. The van der Waals surface area contributed by atoms with Gasteiger partial charge in [-0.1, -0.05) is 34.6 Å². The lowest BCUT2D eigenvalue weighted by Gasteiger charge is -2.38. The van der Waals surface area contributed by atoms with E-state index in [4.69, 9.17) is 9.72 Å². The molecule has 0 amide bonds. The van der Waals surface area contributed by atoms with Crippen LogP contribution in [-0.2, 0) is 34.6 Å². The third-order valence-corrected chi connectivity index (χ3v) is 7.07. The van der Waals surface area contributed by atoms with Crippen molar-refractivity contribution >= 4 is 16.9 Å². The molecule has 2 atom stereocenters. The number of esters is 1. The third kappa shape index (κ3) is 4.42. The van der Waals surface area contributed by atoms with Gasteiger partial charge in [-0.15, -0.1) is 0 Å². The second-order valence-electron chi connectivity index (χ2n) is 9.25. The summed E-state index contributed by atoms with van der Waals surface area (Å²) in [7, 11) is 3.87. The van der Waals surface area contributed by atoms with Gasteiger partial charge in [0.2, 0.25) is 0 Å². The predicted molar refractivity (Wildman–Crippen MR) is 146 cm³/mol. The number of aromatic nitrogens is 2. The van der Waals surface area contributed by atoms with Crippen LogP contribution < -0.4 is 5.56 Å². The minimum atomic E-state index is -1.29. The number of pyridine rings is 2. The van der Waals surface area contributed by atoms with Crippen molar-refractivity contribution in [3.63, 3.8) is 0 Å². The molecule has 0 bridgehead atoms. The Morgan fingerprint density at radius 1 is 1.16 bits per heavy atom. The van der Waals surface area contributed by atoms with Crippen LogP contribution >= 0.6 is 0 Å². The number of carbonyl (C=O) groups excluding carboxylic acids is 1. The fourth-order valence-corrected chi connectivity index (χ4v) is 5.31. The monoisotopic (exact) mass is 509 g/mol. The molecule has 5 rings (SSSR count). The molecule has 8 nitrogen and oxygen atoms in total. The van der Waals surface area contributed by atoms with Crippen LogP contribution in [0.5, 0.6) is 5.75 Å². The number of fused-ring (bicyclic) bond motifs is 5. The van der Waals surface area contributed by atoms with Gasteiger partial charge in [-0.3, -0.25) is 9.59 Å². The van der Waals surface area contributed by atoms with Crippen molar-refractivity contribution < 1.29 is 19.7 Å². The molecule has 1 unspecified atom stereocenters. The number of phenolic OH excluding ortho intramolecular Hbond substituents is 1. The van der Waals surface area contributed by atoms with Crippen LogP contribution in [0.4, 0.5) is 0 Å². The van der Waals surface area contributed by atoms with E-state index in [2.05, 4.69) is 0 Å². The quantitative estimate of drug-likeness (QED) is 0.395. The largest absolute Gasteiger partial charge is 0.508 e. The molecular formula is C29H39N3O5. The molecular weight excluding hydrogens is 470 g/mol. The Morgan fingerprint density at radius 2 is 1.84 bits per heavy atom. The molecule has 0 saturated carbocycles. The highest BCUT2D eigenvalue weighted by Gasteiger charge is 2.50. The Bertz CT molecular complexity index is 1380. The Labute approximate surface area is 218 Å². The molecule has 4 heterocycles. The van der Waals surface area contributed by atoms with Crippen LogP contribution in [0.15, 0.2) is 29.1 Å². The van der Waals surface area contributed by atoms with Crippen molar-refractivity contribution in [1.82, 2.24) is 14.5 Å². The van der Waals surface area contributed by atoms with Gasteiger partial charge < -0.3 is 24.4 Å². The van der Waals surface area contributed by atoms with Gasteiger partial charge in [0.1, 0.15) is 17.8 Å². The summed E-state index contributed by atoms with van der Waals surface area (Å²) in [6, 6.07) is 7.23. The minimum absolute atomic E-state index is 0.103. The number of nitrogens with zero attached hydrogens (tertiary/aromatic N) is 3. The van der Waals surface area contributed by atoms with Gasteiger partial charge in [-0.25, -0.2) is 4.98 Å². The second-order valence-corrected chi connectivity index (χ2v) is 9.25. The number of aliphatic hydroxyl groups excluding tert-OH is 1. The number of ether oxygens (including phenoxy) is 1. The van der Waals surface area contributed by atoms with Gasteiger partial charge in [-0.2, -0.15) is 0 Å². The summed E-state index contributed by atoms with van der Waals surface area (Å²) >= 11 is 0. The van der Waals surface area contributed by atoms with Crippen molar-refractivity contribution in [3.8, 4) is 17.1 Å². The number of aromatic hydroxyl groups is 1. The van der Waals surface area contributed by atoms with Crippen LogP contribution in [0.1, 0.15) is 70.2 Å². The number of benzene rings is 1. The molecule has 0 fully saturated rings. The molecule has 0 radical (unpaired) electrons. The maximum Gasteiger partial charge on any atom is 0.319 e. The van der Waals surface area contributed by atoms with Crippen LogP contribution in [0.2, 0.25) is 0 Å². The average Bonchev–Trinajstić information content (AvgIpc) is 3.25. The number of carbonyl (C=O) groups is 1. The van der Waals surface area contributed by atoms with Gasteiger partial charge in [0.05, 0.1) is 35.1 Å². The van der Waals surface area contributed by atoms with E-state index in [1.807, 2.05) is 65.7 Å². The molecule has 2 aliphatic heterocycles. The zero-order valence-corrected chi connectivity index (χ0v) is 23.2. The SMILES string of the molecule is CC.CC.CCC1([C@@H](C)O)C(=O)OCc2c1cc1n(c2=O)Cc2cc3c(CN(C)C)c(O)ccc3nc2-1. The summed E-state index contributed by atoms with van der Waals surface area (Å²) in [6.07, 6.45) is -0.705. The van der Waals surface area contributed by atoms with Crippen LogP contribution in [0.25, 0.3) is 22.3 Å². The number of rotatable bonds is 4. The number of aliphatic hydroxyl groups is 1. The van der Waals surface area contributed by atoms with Gasteiger partial charge in [0.25, 0.3) is 5.56 Å². The smallest absolute Gasteiger partial charge is 0.319 e. The lowest BCUT2D eigenvalue weighted by molar-refractivity contribution is -0.159. The van der Waals surface area contributed by atoms with Crippen molar-refractivity contribution in [3.05, 3.63) is 56.9 Å². The lowest BCUT2D eigenvalue weighted by Crippen LogP contribution is -2.51. The van der Waals surface area contributed by atoms with Crippen molar-refractivity contribution in [2.45, 2.75) is 79.2 Å².